The van der Waals surface area contributed by atoms with Crippen molar-refractivity contribution in [3.63, 3.8) is 0 Å². The first-order valence-electron chi connectivity index (χ1n) is 30.5. The van der Waals surface area contributed by atoms with Crippen LogP contribution in [-0.2, 0) is 0 Å². The summed E-state index contributed by atoms with van der Waals surface area (Å²) in [4.78, 5) is 14.1. The smallest absolute Gasteiger partial charge is 0.0621 e. The lowest BCUT2D eigenvalue weighted by Crippen LogP contribution is -2.26. The molecule has 0 fully saturated rings. The van der Waals surface area contributed by atoms with Gasteiger partial charge < -0.3 is 29.4 Å². The van der Waals surface area contributed by atoms with Gasteiger partial charge in [-0.2, -0.15) is 42.1 Å². The molecule has 0 saturated heterocycles. The SMILES string of the molecule is N#CCCCCN(CCCCC#N)c1ccc(N(c2ccc(N(CCCCC#N)CCCCC#N)cc2)c2ccc(N(c3ccc(N(CCCCC#N)CCCCC#N)cc3)c3ccc(N(CCCCC#N)CCCCC#N)cc3)cc2)cc1. The fourth-order valence-electron chi connectivity index (χ4n) is 10.4. The summed E-state index contributed by atoms with van der Waals surface area (Å²) >= 11 is 0. The van der Waals surface area contributed by atoms with Crippen molar-refractivity contribution in [1.29, 1.82) is 42.1 Å². The molecule has 0 aliphatic carbocycles. The molecule has 5 aromatic rings. The summed E-state index contributed by atoms with van der Waals surface area (Å²) in [6.45, 7) is 6.57. The summed E-state index contributed by atoms with van der Waals surface area (Å²) < 4.78 is 0. The third kappa shape index (κ3) is 22.6. The minimum absolute atomic E-state index is 0.524. The fraction of sp³-hybridized carbons (Fsp3) is 0.457. The molecule has 14 nitrogen and oxygen atoms in total. The zero-order valence-corrected chi connectivity index (χ0v) is 49.4. The quantitative estimate of drug-likeness (QED) is 0.0333. The Morgan fingerprint density at radius 3 is 0.417 bits per heavy atom. The summed E-state index contributed by atoms with van der Waals surface area (Å²) in [6.07, 6.45) is 18.0. The zero-order chi connectivity index (χ0) is 59.7. The summed E-state index contributed by atoms with van der Waals surface area (Å²) in [5.41, 5.74) is 10.2. The van der Waals surface area contributed by atoms with Crippen LogP contribution in [0.2, 0.25) is 0 Å². The normalized spacial score (nSPS) is 10.4. The minimum atomic E-state index is 0.524. The summed E-state index contributed by atoms with van der Waals surface area (Å²) in [6, 6.07) is 61.8. The van der Waals surface area contributed by atoms with Crippen molar-refractivity contribution in [3.8, 4) is 48.6 Å². The number of benzene rings is 5. The highest BCUT2D eigenvalue weighted by molar-refractivity contribution is 5.82. The first-order chi connectivity index (χ1) is 41.4. The molecule has 0 unspecified atom stereocenters. The third-order valence-electron chi connectivity index (χ3n) is 15.0. The van der Waals surface area contributed by atoms with Gasteiger partial charge in [0.15, 0.2) is 0 Å². The molecule has 0 amide bonds. The Morgan fingerprint density at radius 1 is 0.179 bits per heavy atom. The van der Waals surface area contributed by atoms with Gasteiger partial charge in [-0.3, -0.25) is 0 Å². The Morgan fingerprint density at radius 2 is 0.298 bits per heavy atom. The van der Waals surface area contributed by atoms with E-state index in [1.165, 1.54) is 0 Å². The molecule has 0 bridgehead atoms. The lowest BCUT2D eigenvalue weighted by atomic mass is 10.1. The van der Waals surface area contributed by atoms with Crippen molar-refractivity contribution in [2.24, 2.45) is 0 Å². The van der Waals surface area contributed by atoms with Crippen LogP contribution in [0.1, 0.15) is 154 Å². The maximum atomic E-state index is 9.25. The van der Waals surface area contributed by atoms with E-state index in [4.69, 9.17) is 0 Å². The van der Waals surface area contributed by atoms with E-state index in [1.807, 2.05) is 0 Å². The van der Waals surface area contributed by atoms with E-state index in [-0.39, 0.29) is 0 Å². The van der Waals surface area contributed by atoms with E-state index in [1.54, 1.807) is 0 Å². The van der Waals surface area contributed by atoms with Crippen LogP contribution in [0.15, 0.2) is 121 Å². The van der Waals surface area contributed by atoms with Crippen LogP contribution in [-0.4, -0.2) is 52.4 Å². The van der Waals surface area contributed by atoms with Gasteiger partial charge in [-0.15, -0.1) is 0 Å². The van der Waals surface area contributed by atoms with Crippen LogP contribution < -0.4 is 29.4 Å². The second-order valence-corrected chi connectivity index (χ2v) is 21.1. The second kappa shape index (κ2) is 40.1. The molecule has 5 rings (SSSR count). The van der Waals surface area contributed by atoms with Gasteiger partial charge in [-0.25, -0.2) is 0 Å². The molecular weight excluding hydrogens is 1040 g/mol. The maximum absolute atomic E-state index is 9.25. The number of hydrogen-bond acceptors (Lipinski definition) is 14. The average molecular weight is 1120 g/mol. The number of nitrogens with zero attached hydrogens (tertiary/aromatic N) is 14. The zero-order valence-electron chi connectivity index (χ0n) is 49.4. The Bertz CT molecular complexity index is 2520. The van der Waals surface area contributed by atoms with Crippen LogP contribution >= 0.6 is 0 Å². The maximum Gasteiger partial charge on any atom is 0.0621 e. The van der Waals surface area contributed by atoms with Crippen molar-refractivity contribution in [2.45, 2.75) is 154 Å². The van der Waals surface area contributed by atoms with Crippen LogP contribution in [0.5, 0.6) is 0 Å². The lowest BCUT2D eigenvalue weighted by molar-refractivity contribution is 0.656. The van der Waals surface area contributed by atoms with E-state index in [9.17, 15) is 42.1 Å². The van der Waals surface area contributed by atoms with Gasteiger partial charge >= 0.3 is 0 Å². The van der Waals surface area contributed by atoms with Gasteiger partial charge in [0.25, 0.3) is 0 Å². The number of anilines is 10. The van der Waals surface area contributed by atoms with E-state index in [0.717, 1.165) is 212 Å². The van der Waals surface area contributed by atoms with E-state index >= 15 is 0 Å². The third-order valence-corrected chi connectivity index (χ3v) is 15.0. The predicted octanol–water partition coefficient (Wildman–Crippen LogP) is 17.4. The van der Waals surface area contributed by atoms with Gasteiger partial charge in [0.2, 0.25) is 0 Å². The van der Waals surface area contributed by atoms with Crippen molar-refractivity contribution in [3.05, 3.63) is 121 Å². The highest BCUT2D eigenvalue weighted by Crippen LogP contribution is 2.41. The standard InChI is InChI=1S/C70H84N14/c71-45-9-1-17-53-79(54-18-2-10-46-72)61-25-33-65(34-26-61)83(66-35-27-62(28-36-66)80(55-19-3-11-47-73)56-20-4-12-48-74)69-41-43-70(44-42-69)84(67-37-29-63(30-38-67)81(57-21-5-13-49-75)58-22-6-14-50-76)68-39-31-64(32-40-68)82(59-23-7-15-51-77)60-24-8-16-52-78/h25-44H,1-24,53-60H2. The first kappa shape index (κ1) is 65.6. The topological polar surface area (TPSA) is 210 Å². The molecule has 0 heterocycles. The molecule has 0 N–H and O–H groups in total. The monoisotopic (exact) mass is 1120 g/mol. The van der Waals surface area contributed by atoms with Crippen molar-refractivity contribution < 1.29 is 0 Å². The van der Waals surface area contributed by atoms with E-state index in [2.05, 4.69) is 199 Å². The van der Waals surface area contributed by atoms with Gasteiger partial charge in [-0.05, 0) is 224 Å². The molecule has 0 radical (unpaired) electrons. The van der Waals surface area contributed by atoms with Gasteiger partial charge in [-0.1, -0.05) is 0 Å². The minimum Gasteiger partial charge on any atom is -0.372 e. The lowest BCUT2D eigenvalue weighted by Gasteiger charge is -2.31. The van der Waals surface area contributed by atoms with Gasteiger partial charge in [0, 0.05) is 161 Å². The van der Waals surface area contributed by atoms with Crippen LogP contribution in [0.3, 0.4) is 0 Å². The molecule has 0 aliphatic rings. The molecular formula is C70H84N14. The molecule has 14 heteroatoms. The molecule has 0 spiro atoms. The van der Waals surface area contributed by atoms with Crippen LogP contribution in [0, 0.1) is 90.6 Å². The molecule has 434 valence electrons. The fourth-order valence-corrected chi connectivity index (χ4v) is 10.4. The van der Waals surface area contributed by atoms with Crippen molar-refractivity contribution >= 4 is 56.9 Å². The average Bonchev–Trinajstić information content (AvgIpc) is 3.56. The van der Waals surface area contributed by atoms with E-state index < -0.39 is 0 Å². The van der Waals surface area contributed by atoms with E-state index in [0.29, 0.717) is 51.4 Å². The van der Waals surface area contributed by atoms with Crippen LogP contribution in [0.4, 0.5) is 56.9 Å². The first-order valence-corrected chi connectivity index (χ1v) is 30.5. The highest BCUT2D eigenvalue weighted by Gasteiger charge is 2.20. The summed E-state index contributed by atoms with van der Waals surface area (Å²) in [5, 5.41) is 74.0. The number of unbranched alkanes of at least 4 members (excludes halogenated alkanes) is 16. The largest absolute Gasteiger partial charge is 0.372 e. The van der Waals surface area contributed by atoms with Gasteiger partial charge in [0.05, 0.1) is 48.6 Å². The van der Waals surface area contributed by atoms with Crippen molar-refractivity contribution in [1.82, 2.24) is 0 Å². The second-order valence-electron chi connectivity index (χ2n) is 21.1. The Balaban J connectivity index is 1.59. The Labute approximate surface area is 502 Å². The highest BCUT2D eigenvalue weighted by atomic mass is 15.2. The number of hydrogen-bond donors (Lipinski definition) is 0. The molecule has 84 heavy (non-hydrogen) atoms. The van der Waals surface area contributed by atoms with Crippen molar-refractivity contribution in [2.75, 3.05) is 81.8 Å². The predicted molar refractivity (Wildman–Crippen MR) is 340 cm³/mol. The van der Waals surface area contributed by atoms with Gasteiger partial charge in [0.1, 0.15) is 0 Å². The Kier molecular flexibility index (Phi) is 31.3. The summed E-state index contributed by atoms with van der Waals surface area (Å²) in [7, 11) is 0. The Hall–Kier alpha value is -9.18. The molecule has 0 aromatic heterocycles. The molecule has 5 aromatic carbocycles. The molecule has 0 atom stereocenters. The number of nitriles is 8. The van der Waals surface area contributed by atoms with Crippen LogP contribution in [0.25, 0.3) is 0 Å². The molecule has 0 saturated carbocycles. The summed E-state index contributed by atoms with van der Waals surface area (Å²) in [5.74, 6) is 0. The number of rotatable bonds is 42. The molecule has 0 aliphatic heterocycles.